The summed E-state index contributed by atoms with van der Waals surface area (Å²) in [6.45, 7) is 0. The van der Waals surface area contributed by atoms with Gasteiger partial charge in [0.05, 0.1) is 30.2 Å². The largest absolute Gasteiger partial charge is 0.463 e. The van der Waals surface area contributed by atoms with Crippen molar-refractivity contribution in [3.63, 3.8) is 0 Å². The Morgan fingerprint density at radius 2 is 2.15 bits per heavy atom. The SMILES string of the molecule is O=C(Cc1csc(Nc2cccc(C(F)(F)F)c2)n1)N/N=C\c1ccco1. The van der Waals surface area contributed by atoms with Crippen LogP contribution in [0, 0.1) is 0 Å². The number of alkyl halides is 3. The van der Waals surface area contributed by atoms with E-state index < -0.39 is 11.7 Å². The molecule has 6 nitrogen and oxygen atoms in total. The zero-order valence-electron chi connectivity index (χ0n) is 13.7. The highest BCUT2D eigenvalue weighted by atomic mass is 32.1. The minimum atomic E-state index is -4.42. The Hall–Kier alpha value is -3.14. The lowest BCUT2D eigenvalue weighted by molar-refractivity contribution is -0.137. The molecule has 27 heavy (non-hydrogen) atoms. The number of halogens is 3. The molecule has 1 amide bonds. The van der Waals surface area contributed by atoms with Crippen LogP contribution in [0.5, 0.6) is 0 Å². The van der Waals surface area contributed by atoms with E-state index in [1.165, 1.54) is 35.9 Å². The normalized spacial score (nSPS) is 11.7. The van der Waals surface area contributed by atoms with Crippen molar-refractivity contribution >= 4 is 34.3 Å². The van der Waals surface area contributed by atoms with Gasteiger partial charge in [-0.05, 0) is 30.3 Å². The maximum Gasteiger partial charge on any atom is 0.416 e. The summed E-state index contributed by atoms with van der Waals surface area (Å²) in [5.74, 6) is 0.116. The molecule has 10 heteroatoms. The van der Waals surface area contributed by atoms with E-state index in [0.29, 0.717) is 16.6 Å². The van der Waals surface area contributed by atoms with Crippen LogP contribution in [0.15, 0.2) is 57.6 Å². The maximum absolute atomic E-state index is 12.7. The van der Waals surface area contributed by atoms with Crippen LogP contribution >= 0.6 is 11.3 Å². The van der Waals surface area contributed by atoms with Gasteiger partial charge in [0, 0.05) is 11.1 Å². The lowest BCUT2D eigenvalue weighted by atomic mass is 10.2. The number of carbonyl (C=O) groups is 1. The second-order valence-electron chi connectivity index (χ2n) is 5.33. The van der Waals surface area contributed by atoms with Crippen LogP contribution in [-0.2, 0) is 17.4 Å². The van der Waals surface area contributed by atoms with Gasteiger partial charge in [0.1, 0.15) is 5.76 Å². The first-order chi connectivity index (χ1) is 12.9. The summed E-state index contributed by atoms with van der Waals surface area (Å²) in [6, 6.07) is 8.18. The predicted molar refractivity (Wildman–Crippen MR) is 95.0 cm³/mol. The third-order valence-corrected chi connectivity index (χ3v) is 4.07. The molecule has 0 radical (unpaired) electrons. The molecule has 0 unspecified atom stereocenters. The van der Waals surface area contributed by atoms with Crippen LogP contribution in [0.2, 0.25) is 0 Å². The highest BCUT2D eigenvalue weighted by molar-refractivity contribution is 7.13. The van der Waals surface area contributed by atoms with Crippen LogP contribution in [0.25, 0.3) is 0 Å². The molecule has 0 aliphatic carbocycles. The zero-order valence-corrected chi connectivity index (χ0v) is 14.5. The number of furan rings is 1. The molecule has 140 valence electrons. The fourth-order valence-electron chi connectivity index (χ4n) is 2.08. The van der Waals surface area contributed by atoms with E-state index in [1.54, 1.807) is 17.5 Å². The Morgan fingerprint density at radius 1 is 1.30 bits per heavy atom. The predicted octanol–water partition coefficient (Wildman–Crippen LogP) is 4.19. The Balaban J connectivity index is 1.56. The van der Waals surface area contributed by atoms with E-state index >= 15 is 0 Å². The summed E-state index contributed by atoms with van der Waals surface area (Å²) in [5, 5.41) is 8.59. The number of anilines is 2. The van der Waals surface area contributed by atoms with E-state index in [0.717, 1.165) is 12.1 Å². The molecule has 3 rings (SSSR count). The molecule has 1 aromatic carbocycles. The number of amides is 1. The third kappa shape index (κ3) is 5.42. The Bertz CT molecular complexity index is 936. The Labute approximate surface area is 155 Å². The van der Waals surface area contributed by atoms with E-state index in [-0.39, 0.29) is 18.0 Å². The molecule has 0 saturated carbocycles. The first-order valence-corrected chi connectivity index (χ1v) is 8.52. The molecule has 2 heterocycles. The molecule has 0 aliphatic rings. The maximum atomic E-state index is 12.7. The fourth-order valence-corrected chi connectivity index (χ4v) is 2.81. The first-order valence-electron chi connectivity index (χ1n) is 7.64. The minimum absolute atomic E-state index is 0.0176. The van der Waals surface area contributed by atoms with Gasteiger partial charge in [-0.3, -0.25) is 4.79 Å². The average molecular weight is 394 g/mol. The van der Waals surface area contributed by atoms with Crippen molar-refractivity contribution in [3.05, 3.63) is 65.1 Å². The molecule has 2 N–H and O–H groups in total. The lowest BCUT2D eigenvalue weighted by Gasteiger charge is -2.08. The second kappa shape index (κ2) is 8.04. The molecule has 0 bridgehead atoms. The van der Waals surface area contributed by atoms with E-state index in [4.69, 9.17) is 4.42 Å². The van der Waals surface area contributed by atoms with Crippen molar-refractivity contribution in [1.82, 2.24) is 10.4 Å². The number of hydrazone groups is 1. The minimum Gasteiger partial charge on any atom is -0.463 e. The quantitative estimate of drug-likeness (QED) is 0.485. The highest BCUT2D eigenvalue weighted by Gasteiger charge is 2.30. The molecule has 0 saturated heterocycles. The van der Waals surface area contributed by atoms with Gasteiger partial charge in [-0.1, -0.05) is 6.07 Å². The van der Waals surface area contributed by atoms with Crippen molar-refractivity contribution in [2.24, 2.45) is 5.10 Å². The van der Waals surface area contributed by atoms with E-state index in [9.17, 15) is 18.0 Å². The Morgan fingerprint density at radius 3 is 2.89 bits per heavy atom. The average Bonchev–Trinajstić information content (AvgIpc) is 3.27. The summed E-state index contributed by atoms with van der Waals surface area (Å²) >= 11 is 1.18. The van der Waals surface area contributed by atoms with Gasteiger partial charge in [0.25, 0.3) is 0 Å². The molecule has 2 aromatic heterocycles. The second-order valence-corrected chi connectivity index (χ2v) is 6.19. The molecule has 0 spiro atoms. The van der Waals surface area contributed by atoms with Crippen LogP contribution in [0.3, 0.4) is 0 Å². The van der Waals surface area contributed by atoms with Crippen molar-refractivity contribution < 1.29 is 22.4 Å². The zero-order chi connectivity index (χ0) is 19.3. The smallest absolute Gasteiger partial charge is 0.416 e. The summed E-state index contributed by atoms with van der Waals surface area (Å²) in [4.78, 5) is 16.0. The standard InChI is InChI=1S/C17H13F3N4O2S/c18-17(19,20)11-3-1-4-12(7-11)22-16-23-13(10-27-16)8-15(25)24-21-9-14-5-2-6-26-14/h1-7,9-10H,8H2,(H,22,23)(H,24,25)/b21-9-. The summed E-state index contributed by atoms with van der Waals surface area (Å²) < 4.78 is 43.3. The molecule has 0 fully saturated rings. The van der Waals surface area contributed by atoms with Crippen molar-refractivity contribution in [2.75, 3.05) is 5.32 Å². The lowest BCUT2D eigenvalue weighted by Crippen LogP contribution is -2.19. The number of thiazole rings is 1. The van der Waals surface area contributed by atoms with Crippen molar-refractivity contribution in [1.29, 1.82) is 0 Å². The third-order valence-electron chi connectivity index (χ3n) is 3.26. The summed E-state index contributed by atoms with van der Waals surface area (Å²) in [6.07, 6.45) is -1.59. The van der Waals surface area contributed by atoms with Gasteiger partial charge in [0.2, 0.25) is 5.91 Å². The van der Waals surface area contributed by atoms with Gasteiger partial charge in [-0.15, -0.1) is 11.3 Å². The van der Waals surface area contributed by atoms with Crippen LogP contribution in [0.4, 0.5) is 24.0 Å². The van der Waals surface area contributed by atoms with Crippen LogP contribution in [-0.4, -0.2) is 17.1 Å². The number of rotatable bonds is 6. The number of hydrogen-bond donors (Lipinski definition) is 2. The van der Waals surface area contributed by atoms with Crippen molar-refractivity contribution in [2.45, 2.75) is 12.6 Å². The van der Waals surface area contributed by atoms with Gasteiger partial charge in [-0.2, -0.15) is 18.3 Å². The van der Waals surface area contributed by atoms with Gasteiger partial charge in [-0.25, -0.2) is 10.4 Å². The molecule has 3 aromatic rings. The molecular formula is C17H13F3N4O2S. The fraction of sp³-hybridized carbons (Fsp3) is 0.118. The molecule has 0 aliphatic heterocycles. The van der Waals surface area contributed by atoms with Gasteiger partial charge >= 0.3 is 6.18 Å². The highest BCUT2D eigenvalue weighted by Crippen LogP contribution is 2.31. The van der Waals surface area contributed by atoms with Crippen LogP contribution in [0.1, 0.15) is 17.0 Å². The van der Waals surface area contributed by atoms with Crippen molar-refractivity contribution in [3.8, 4) is 0 Å². The number of nitrogens with zero attached hydrogens (tertiary/aromatic N) is 2. The number of nitrogens with one attached hydrogen (secondary N) is 2. The monoisotopic (exact) mass is 394 g/mol. The number of hydrogen-bond acceptors (Lipinski definition) is 6. The summed E-state index contributed by atoms with van der Waals surface area (Å²) in [5.41, 5.74) is 2.33. The molecular weight excluding hydrogens is 381 g/mol. The first kappa shape index (κ1) is 18.6. The van der Waals surface area contributed by atoms with Gasteiger partial charge in [0.15, 0.2) is 5.13 Å². The van der Waals surface area contributed by atoms with E-state index in [1.807, 2.05) is 0 Å². The summed E-state index contributed by atoms with van der Waals surface area (Å²) in [7, 11) is 0. The van der Waals surface area contributed by atoms with E-state index in [2.05, 4.69) is 20.8 Å². The van der Waals surface area contributed by atoms with Gasteiger partial charge < -0.3 is 9.73 Å². The number of carbonyl (C=O) groups excluding carboxylic acids is 1. The Kier molecular flexibility index (Phi) is 5.55. The van der Waals surface area contributed by atoms with Crippen LogP contribution < -0.4 is 10.7 Å². The number of benzene rings is 1. The number of aromatic nitrogens is 1. The topological polar surface area (TPSA) is 79.5 Å². The molecule has 0 atom stereocenters.